The number of piperidine rings is 1. The Hall–Kier alpha value is -12.2. The van der Waals surface area contributed by atoms with E-state index in [1.807, 2.05) is 6.92 Å². The van der Waals surface area contributed by atoms with Crippen molar-refractivity contribution in [2.75, 3.05) is 25.0 Å². The lowest BCUT2D eigenvalue weighted by molar-refractivity contribution is -0.172. The maximum absolute atomic E-state index is 16.1. The van der Waals surface area contributed by atoms with Gasteiger partial charge < -0.3 is 107 Å². The summed E-state index contributed by atoms with van der Waals surface area (Å²) in [6, 6.07) is 6.35. The molecular weight excluding hydrogens is 1700 g/mol. The fourth-order valence-corrected chi connectivity index (χ4v) is 20.3. The van der Waals surface area contributed by atoms with Gasteiger partial charge in [-0.15, -0.1) is 0 Å². The van der Waals surface area contributed by atoms with Crippen LogP contribution in [0.2, 0.25) is 0 Å². The number of carbonyl (C=O) groups excluding carboxylic acids is 14. The number of fused-ring (bicyclic) bond motifs is 18. The van der Waals surface area contributed by atoms with Crippen LogP contribution >= 0.6 is 0 Å². The largest absolute Gasteiger partial charge is 0.508 e. The number of aliphatic hydroxyl groups excluding tert-OH is 3. The molecular formula is C94H114N12O25. The van der Waals surface area contributed by atoms with E-state index < -0.39 is 252 Å². The number of carbonyl (C=O) groups is 14. The van der Waals surface area contributed by atoms with Crippen molar-refractivity contribution in [1.29, 1.82) is 0 Å². The van der Waals surface area contributed by atoms with Crippen LogP contribution in [-0.2, 0) is 95.0 Å². The number of phenolic OH excluding ortho intramolecular Hbond substituents is 2. The molecule has 0 aromatic heterocycles. The maximum Gasteiger partial charge on any atom is 0.340 e. The van der Waals surface area contributed by atoms with Gasteiger partial charge in [-0.3, -0.25) is 57.7 Å². The highest BCUT2D eigenvalue weighted by Crippen LogP contribution is 2.58. The lowest BCUT2D eigenvalue weighted by atomic mass is 9.77. The summed E-state index contributed by atoms with van der Waals surface area (Å²) in [7, 11) is 0. The number of hydrazine groups is 1. The number of cyclic esters (lactones) is 2. The van der Waals surface area contributed by atoms with E-state index in [1.54, 1.807) is 106 Å². The average molecular weight is 1810 g/mol. The number of anilines is 1. The van der Waals surface area contributed by atoms with Crippen molar-refractivity contribution in [3.8, 4) is 34.1 Å². The molecule has 10 aliphatic rings. The first-order valence-electron chi connectivity index (χ1n) is 44.9. The van der Waals surface area contributed by atoms with Gasteiger partial charge in [0, 0.05) is 91.0 Å². The van der Waals surface area contributed by atoms with Gasteiger partial charge in [0.05, 0.1) is 41.9 Å². The number of ether oxygens (including phenoxy) is 4. The number of nitrogens with one attached hydrogen (secondary N) is 8. The summed E-state index contributed by atoms with van der Waals surface area (Å²) in [5.74, 6) is -18.6. The molecule has 37 heteroatoms. The molecule has 5 aromatic rings. The molecule has 131 heavy (non-hydrogen) atoms. The standard InChI is InChI=1S/C94H114N12O25/c1-40(2)26-63-69(112)35-55(46(12)107)84(119)104-67(82(117)100-74(42(5)6)90(125)130-77(44(9)10)87(122)106-66(81(116)97-63)32-54(111)38-96-106)36-92(126)60-29-48(14-15-50(60)31-72(92)104)49-17-23-62-61(30-49)93(127)37-68-83(118)101-73(41(3)4)89(124)129-76(43(7)8)86(121)103-25-24-45(11)27-65(103)80(115)98-64(79(114)102-75(47(13)108)85(120)105(68)91(93)99-62)39-95-78(113)51-16-20-57-56(28-51)88(123)131-94(57)58-21-18-52(109)33-70(58)128-71-34-53(110)19-22-59(71)94/h14-23,28-30,33-34,40-47,54-55,63-68,72-77,91,96,99,107-111,126-127H,24-27,31-32,35-39H2,1-13H3,(H,95,113)(H,97,116)(H,98,115)(H,100,117)(H,101,118)(H,102,114)/t45-,46-,47-,54+,55+,63-,64-,65+,66+,67-,68-,72+,73+,74+,75+,76-,77-,91-,92+,93+/m0/s1. The summed E-state index contributed by atoms with van der Waals surface area (Å²) in [5, 5.41) is 103. The molecule has 5 aromatic carbocycles. The van der Waals surface area contributed by atoms with E-state index in [0.717, 1.165) is 21.7 Å². The lowest BCUT2D eigenvalue weighted by Crippen LogP contribution is -2.65. The Morgan fingerprint density at radius 2 is 1.09 bits per heavy atom. The molecule has 20 atom stereocenters. The summed E-state index contributed by atoms with van der Waals surface area (Å²) in [5.41, 5.74) is -1.05. The smallest absolute Gasteiger partial charge is 0.340 e. The monoisotopic (exact) mass is 1810 g/mol. The van der Waals surface area contributed by atoms with Crippen molar-refractivity contribution in [2.24, 2.45) is 41.4 Å². The minimum atomic E-state index is -2.31. The minimum Gasteiger partial charge on any atom is -0.508 e. The van der Waals surface area contributed by atoms with Crippen LogP contribution in [0.4, 0.5) is 5.69 Å². The number of nitrogens with zero attached hydrogens (tertiary/aromatic N) is 4. The van der Waals surface area contributed by atoms with E-state index in [-0.39, 0.29) is 107 Å². The summed E-state index contributed by atoms with van der Waals surface area (Å²) < 4.78 is 24.4. The third-order valence-corrected chi connectivity index (χ3v) is 27.3. The van der Waals surface area contributed by atoms with Crippen molar-refractivity contribution in [3.05, 3.63) is 136 Å². The normalized spacial score (nSPS) is 30.5. The zero-order valence-electron chi connectivity index (χ0n) is 75.0. The molecule has 10 amide bonds. The van der Waals surface area contributed by atoms with Gasteiger partial charge in [0.25, 0.3) is 17.7 Å². The van der Waals surface area contributed by atoms with Crippen LogP contribution in [0, 0.1) is 41.4 Å². The van der Waals surface area contributed by atoms with Gasteiger partial charge in [-0.25, -0.2) is 19.8 Å². The molecule has 0 unspecified atom stereocenters. The Morgan fingerprint density at radius 3 is 1.69 bits per heavy atom. The highest BCUT2D eigenvalue weighted by molar-refractivity contribution is 6.04. The molecule has 6 fully saturated rings. The number of aliphatic hydroxyl groups is 5. The number of rotatable bonds is 12. The van der Waals surface area contributed by atoms with Crippen molar-refractivity contribution >= 4 is 88.5 Å². The number of benzene rings is 5. The van der Waals surface area contributed by atoms with E-state index in [4.69, 9.17) is 18.9 Å². The van der Waals surface area contributed by atoms with Gasteiger partial charge >= 0.3 is 17.9 Å². The van der Waals surface area contributed by atoms with E-state index in [9.17, 15) is 69.3 Å². The summed E-state index contributed by atoms with van der Waals surface area (Å²) >= 11 is 0. The van der Waals surface area contributed by atoms with Gasteiger partial charge in [0.2, 0.25) is 41.4 Å². The summed E-state index contributed by atoms with van der Waals surface area (Å²) in [6.07, 6.45) is -11.3. The van der Waals surface area contributed by atoms with Crippen molar-refractivity contribution in [1.82, 2.24) is 57.0 Å². The molecule has 0 saturated carbocycles. The van der Waals surface area contributed by atoms with E-state index in [2.05, 4.69) is 42.6 Å². The summed E-state index contributed by atoms with van der Waals surface area (Å²) in [6.45, 7) is 19.7. The van der Waals surface area contributed by atoms with Crippen LogP contribution in [0.15, 0.2) is 91.0 Å². The first-order valence-corrected chi connectivity index (χ1v) is 44.9. The van der Waals surface area contributed by atoms with Crippen LogP contribution < -0.4 is 47.4 Å². The van der Waals surface area contributed by atoms with Gasteiger partial charge in [0.1, 0.15) is 88.7 Å². The molecule has 0 bridgehead atoms. The number of hydrogen-bond donors (Lipinski definition) is 15. The molecule has 1 aliphatic carbocycles. The maximum atomic E-state index is 16.1. The molecule has 6 saturated heterocycles. The molecule has 15 rings (SSSR count). The fraction of sp³-hybridized carbons (Fsp3) is 0.532. The summed E-state index contributed by atoms with van der Waals surface area (Å²) in [4.78, 5) is 215. The minimum absolute atomic E-state index is 0.0170. The van der Waals surface area contributed by atoms with E-state index >= 15 is 33.6 Å². The molecule has 0 radical (unpaired) electrons. The van der Waals surface area contributed by atoms with Crippen molar-refractivity contribution in [3.63, 3.8) is 0 Å². The van der Waals surface area contributed by atoms with Crippen LogP contribution in [0.1, 0.15) is 189 Å². The topological polar surface area (TPSA) is 527 Å². The third kappa shape index (κ3) is 17.0. The Labute approximate surface area is 755 Å². The van der Waals surface area contributed by atoms with Crippen LogP contribution in [0.25, 0.3) is 11.1 Å². The molecule has 1 spiro atoms. The highest BCUT2D eigenvalue weighted by atomic mass is 16.6. The molecule has 9 heterocycles. The number of amides is 10. The number of ketones is 1. The van der Waals surface area contributed by atoms with E-state index in [1.165, 1.54) is 66.4 Å². The zero-order chi connectivity index (χ0) is 94.7. The Balaban J connectivity index is 0.754. The first-order chi connectivity index (χ1) is 61.8. The molecule has 700 valence electrons. The molecule has 9 aliphatic heterocycles. The fourth-order valence-electron chi connectivity index (χ4n) is 20.3. The zero-order valence-corrected chi connectivity index (χ0v) is 75.0. The second kappa shape index (κ2) is 35.8. The number of hydrogen-bond acceptors (Lipinski definition) is 27. The molecule has 15 N–H and O–H groups in total. The number of Topliss-reactive ketones (excluding diaryl/α,β-unsaturated/α-hetero) is 1. The van der Waals surface area contributed by atoms with Crippen LogP contribution in [0.3, 0.4) is 0 Å². The predicted octanol–water partition coefficient (Wildman–Crippen LogP) is 2.39. The molecule has 37 nitrogen and oxygen atoms in total. The van der Waals surface area contributed by atoms with Crippen molar-refractivity contribution < 1.29 is 122 Å². The van der Waals surface area contributed by atoms with E-state index in [0.29, 0.717) is 34.2 Å². The van der Waals surface area contributed by atoms with Gasteiger partial charge in [-0.05, 0) is 152 Å². The predicted molar refractivity (Wildman–Crippen MR) is 463 cm³/mol. The number of β-amino-alcohol motifs (C(OH)–C–C–N with tert-alkyl or cyclic N) is 1. The second-order valence-electron chi connectivity index (χ2n) is 38.5. The Morgan fingerprint density at radius 1 is 0.534 bits per heavy atom. The Bertz CT molecular complexity index is 5450. The van der Waals surface area contributed by atoms with Gasteiger partial charge in [-0.2, -0.15) is 0 Å². The third-order valence-electron chi connectivity index (χ3n) is 27.3. The van der Waals surface area contributed by atoms with Crippen LogP contribution in [0.5, 0.6) is 23.0 Å². The average Bonchev–Trinajstić information content (AvgIpc) is 1.58. The highest BCUT2D eigenvalue weighted by Gasteiger charge is 2.65. The first kappa shape index (κ1) is 93.5. The van der Waals surface area contributed by atoms with Crippen LogP contribution in [-0.4, -0.2) is 255 Å². The SMILES string of the molecule is CC(C)C[C@@H]1NC(=O)[C@H]2C[C@@H](O)CNN2C(=O)[C@H](C(C)C)OC(=O)[C@@H](C(C)C)NC(=O)[C@@H]2C[C@@]3(O)c4cc(-c5ccc6c(c5)[C@]5(O)C[C@H]7C(=O)N[C@H](C(C)C)C(=O)O[C@@H](C(C)C)C(=O)N8CC[C@H](C)C[C@@H]8C(=O)N[C@@H](CNC(=O)c8ccc9c(c8)C(=O)OC98c9ccc(O)cc9Oc9cc(O)ccc98)C(=O)N[C@H]([C@H](C)O)C(=O)N7[C@@H]5N6)ccc4C[C@H]3N2C(=O)[C@@H]([C@H](C)O)CC1=O. The van der Waals surface area contributed by atoms with Gasteiger partial charge in [0.15, 0.2) is 23.6 Å². The lowest BCUT2D eigenvalue weighted by Gasteiger charge is -2.40. The van der Waals surface area contributed by atoms with Crippen molar-refractivity contribution in [2.45, 2.75) is 255 Å². The number of phenols is 2. The quantitative estimate of drug-likeness (QED) is 0.0630. The van der Waals surface area contributed by atoms with Gasteiger partial charge in [-0.1, -0.05) is 100 Å². The second-order valence-corrected chi connectivity index (χ2v) is 38.5. The Kier molecular flexibility index (Phi) is 25.6. The number of aromatic hydroxyl groups is 2. The number of esters is 3.